The van der Waals surface area contributed by atoms with Crippen molar-refractivity contribution in [3.63, 3.8) is 0 Å². The van der Waals surface area contributed by atoms with Gasteiger partial charge in [-0.15, -0.1) is 0 Å². The number of hydrogen-bond donors (Lipinski definition) is 1. The molecule has 0 unspecified atom stereocenters. The van der Waals surface area contributed by atoms with Gasteiger partial charge in [-0.1, -0.05) is 19.4 Å². The van der Waals surface area contributed by atoms with E-state index in [1.807, 2.05) is 0 Å². The maximum Gasteiger partial charge on any atom is 0.338 e. The number of carbonyl (C=O) groups is 1. The number of nitro groups is 1. The number of ether oxygens (including phenoxy) is 1. The van der Waals surface area contributed by atoms with E-state index in [4.69, 9.17) is 4.74 Å². The summed E-state index contributed by atoms with van der Waals surface area (Å²) < 4.78 is 5.02. The van der Waals surface area contributed by atoms with Crippen molar-refractivity contribution in [1.82, 2.24) is 5.32 Å². The minimum Gasteiger partial charge on any atom is -0.461 e. The summed E-state index contributed by atoms with van der Waals surface area (Å²) in [4.78, 5) is 21.7. The number of nitrogens with zero attached hydrogens (tertiary/aromatic N) is 1. The molecule has 6 nitrogen and oxygen atoms in total. The van der Waals surface area contributed by atoms with E-state index in [-0.39, 0.29) is 17.9 Å². The summed E-state index contributed by atoms with van der Waals surface area (Å²) in [5.74, 6) is -0.541. The lowest BCUT2D eigenvalue weighted by Crippen LogP contribution is -2.22. The molecule has 0 amide bonds. The number of nitro benzene ring substituents is 1. The summed E-state index contributed by atoms with van der Waals surface area (Å²) in [7, 11) is 0. The molecule has 1 N–H and O–H groups in total. The quantitative estimate of drug-likeness (QED) is 0.337. The molecule has 0 heterocycles. The molecule has 0 saturated heterocycles. The molecule has 104 valence electrons. The number of unbranched alkanes of at least 4 members (excludes halogenated alkanes) is 1. The van der Waals surface area contributed by atoms with Crippen molar-refractivity contribution in [3.8, 4) is 0 Å². The monoisotopic (exact) mass is 266 g/mol. The Morgan fingerprint density at radius 3 is 2.89 bits per heavy atom. The van der Waals surface area contributed by atoms with Crippen LogP contribution in [-0.2, 0) is 4.74 Å². The van der Waals surface area contributed by atoms with Gasteiger partial charge >= 0.3 is 5.97 Å². The zero-order chi connectivity index (χ0) is 14.1. The first-order valence-corrected chi connectivity index (χ1v) is 6.27. The third-order valence-corrected chi connectivity index (χ3v) is 2.51. The lowest BCUT2D eigenvalue weighted by molar-refractivity contribution is -0.384. The molecule has 19 heavy (non-hydrogen) atoms. The first-order valence-electron chi connectivity index (χ1n) is 6.27. The van der Waals surface area contributed by atoms with E-state index in [9.17, 15) is 14.9 Å². The van der Waals surface area contributed by atoms with Gasteiger partial charge in [0, 0.05) is 18.7 Å². The van der Waals surface area contributed by atoms with Crippen LogP contribution < -0.4 is 5.32 Å². The Labute approximate surface area is 111 Å². The van der Waals surface area contributed by atoms with Crippen LogP contribution in [0, 0.1) is 10.1 Å². The Balaban J connectivity index is 2.37. The Kier molecular flexibility index (Phi) is 6.52. The van der Waals surface area contributed by atoms with E-state index in [1.54, 1.807) is 0 Å². The summed E-state index contributed by atoms with van der Waals surface area (Å²) in [5.41, 5.74) is 0.0817. The van der Waals surface area contributed by atoms with Crippen LogP contribution in [0.1, 0.15) is 30.1 Å². The molecule has 6 heteroatoms. The van der Waals surface area contributed by atoms with Gasteiger partial charge in [0.2, 0.25) is 0 Å². The van der Waals surface area contributed by atoms with Crippen LogP contribution in [-0.4, -0.2) is 30.6 Å². The Morgan fingerprint density at radius 1 is 1.42 bits per heavy atom. The number of non-ortho nitro benzene ring substituents is 1. The molecule has 0 aliphatic rings. The van der Waals surface area contributed by atoms with Gasteiger partial charge in [-0.2, -0.15) is 0 Å². The fourth-order valence-electron chi connectivity index (χ4n) is 1.47. The lowest BCUT2D eigenvalue weighted by Gasteiger charge is -2.06. The lowest BCUT2D eigenvalue weighted by atomic mass is 10.2. The van der Waals surface area contributed by atoms with Crippen molar-refractivity contribution in [3.05, 3.63) is 39.9 Å². The summed E-state index contributed by atoms with van der Waals surface area (Å²) in [6.07, 6.45) is 2.19. The topological polar surface area (TPSA) is 81.5 Å². The molecule has 0 saturated carbocycles. The molecule has 0 atom stereocenters. The number of esters is 1. The van der Waals surface area contributed by atoms with Gasteiger partial charge in [0.05, 0.1) is 10.5 Å². The van der Waals surface area contributed by atoms with Crippen molar-refractivity contribution in [2.45, 2.75) is 19.8 Å². The molecule has 0 fully saturated rings. The second kappa shape index (κ2) is 8.20. The number of rotatable bonds is 8. The van der Waals surface area contributed by atoms with E-state index < -0.39 is 10.9 Å². The van der Waals surface area contributed by atoms with Crippen LogP contribution in [0.2, 0.25) is 0 Å². The number of carbonyl (C=O) groups excluding carboxylic acids is 1. The van der Waals surface area contributed by atoms with E-state index in [1.165, 1.54) is 24.3 Å². The van der Waals surface area contributed by atoms with Crippen LogP contribution in [0.15, 0.2) is 24.3 Å². The summed E-state index contributed by atoms with van der Waals surface area (Å²) in [6, 6.07) is 5.52. The van der Waals surface area contributed by atoms with Crippen molar-refractivity contribution in [2.24, 2.45) is 0 Å². The molecule has 1 aromatic rings. The molecule has 0 aromatic heterocycles. The molecule has 1 aromatic carbocycles. The SMILES string of the molecule is CCCCNCCOC(=O)c1cccc([N+](=O)[O-])c1. The average molecular weight is 266 g/mol. The van der Waals surface area contributed by atoms with Gasteiger partial charge in [-0.3, -0.25) is 10.1 Å². The highest BCUT2D eigenvalue weighted by Crippen LogP contribution is 2.13. The Morgan fingerprint density at radius 2 is 2.21 bits per heavy atom. The number of hydrogen-bond acceptors (Lipinski definition) is 5. The standard InChI is InChI=1S/C13H18N2O4/c1-2-3-7-14-8-9-19-13(16)11-5-4-6-12(10-11)15(17)18/h4-6,10,14H,2-3,7-9H2,1H3. The summed E-state index contributed by atoms with van der Waals surface area (Å²) in [6.45, 7) is 3.83. The third kappa shape index (κ3) is 5.48. The molecular formula is C13H18N2O4. The van der Waals surface area contributed by atoms with E-state index in [0.717, 1.165) is 19.4 Å². The third-order valence-electron chi connectivity index (χ3n) is 2.51. The zero-order valence-corrected chi connectivity index (χ0v) is 10.9. The van der Waals surface area contributed by atoms with Gasteiger partial charge in [0.15, 0.2) is 0 Å². The van der Waals surface area contributed by atoms with Crippen molar-refractivity contribution >= 4 is 11.7 Å². The Hall–Kier alpha value is -1.95. The molecular weight excluding hydrogens is 248 g/mol. The number of benzene rings is 1. The van der Waals surface area contributed by atoms with Crippen LogP contribution in [0.3, 0.4) is 0 Å². The Bertz CT molecular complexity index is 434. The van der Waals surface area contributed by atoms with Crippen LogP contribution in [0.25, 0.3) is 0 Å². The predicted molar refractivity (Wildman–Crippen MR) is 71.2 cm³/mol. The van der Waals surface area contributed by atoms with Gasteiger partial charge in [-0.05, 0) is 19.0 Å². The van der Waals surface area contributed by atoms with Crippen molar-refractivity contribution < 1.29 is 14.5 Å². The zero-order valence-electron chi connectivity index (χ0n) is 10.9. The number of nitrogens with one attached hydrogen (secondary N) is 1. The molecule has 0 bridgehead atoms. The smallest absolute Gasteiger partial charge is 0.338 e. The normalized spacial score (nSPS) is 10.2. The van der Waals surface area contributed by atoms with Crippen molar-refractivity contribution in [2.75, 3.05) is 19.7 Å². The summed E-state index contributed by atoms with van der Waals surface area (Å²) >= 11 is 0. The highest BCUT2D eigenvalue weighted by molar-refractivity contribution is 5.90. The van der Waals surface area contributed by atoms with Crippen LogP contribution in [0.4, 0.5) is 5.69 Å². The van der Waals surface area contributed by atoms with Crippen molar-refractivity contribution in [1.29, 1.82) is 0 Å². The van der Waals surface area contributed by atoms with Gasteiger partial charge in [0.1, 0.15) is 6.61 Å². The highest BCUT2D eigenvalue weighted by Gasteiger charge is 2.12. The fourth-order valence-corrected chi connectivity index (χ4v) is 1.47. The van der Waals surface area contributed by atoms with Gasteiger partial charge in [0.25, 0.3) is 5.69 Å². The highest BCUT2D eigenvalue weighted by atomic mass is 16.6. The van der Waals surface area contributed by atoms with E-state index >= 15 is 0 Å². The minimum absolute atomic E-state index is 0.115. The summed E-state index contributed by atoms with van der Waals surface area (Å²) in [5, 5.41) is 13.7. The fraction of sp³-hybridized carbons (Fsp3) is 0.462. The maximum atomic E-state index is 11.6. The minimum atomic E-state index is -0.541. The first-order chi connectivity index (χ1) is 9.15. The average Bonchev–Trinajstić information content (AvgIpc) is 2.42. The maximum absolute atomic E-state index is 11.6. The molecule has 1 rings (SSSR count). The second-order valence-corrected chi connectivity index (χ2v) is 4.05. The van der Waals surface area contributed by atoms with Crippen LogP contribution in [0.5, 0.6) is 0 Å². The molecule has 0 aliphatic carbocycles. The van der Waals surface area contributed by atoms with Gasteiger partial charge < -0.3 is 10.1 Å². The van der Waals surface area contributed by atoms with E-state index in [2.05, 4.69) is 12.2 Å². The predicted octanol–water partition coefficient (Wildman–Crippen LogP) is 2.14. The van der Waals surface area contributed by atoms with E-state index in [0.29, 0.717) is 6.54 Å². The first kappa shape index (κ1) is 15.1. The van der Waals surface area contributed by atoms with Gasteiger partial charge in [-0.25, -0.2) is 4.79 Å². The molecule has 0 aliphatic heterocycles. The van der Waals surface area contributed by atoms with Crippen LogP contribution >= 0.6 is 0 Å². The second-order valence-electron chi connectivity index (χ2n) is 4.05. The molecule has 0 spiro atoms. The molecule has 0 radical (unpaired) electrons. The largest absolute Gasteiger partial charge is 0.461 e.